The van der Waals surface area contributed by atoms with Gasteiger partial charge in [0, 0.05) is 11.1 Å². The molecule has 0 spiro atoms. The average Bonchev–Trinajstić information content (AvgIpc) is 3.15. The van der Waals surface area contributed by atoms with Crippen LogP contribution in [0.4, 0.5) is 0 Å². The number of nitrogens with zero attached hydrogens (tertiary/aromatic N) is 4. The molecule has 0 fully saturated rings. The Balaban J connectivity index is 1.77. The molecule has 2 aromatic heterocycles. The summed E-state index contributed by atoms with van der Waals surface area (Å²) in [7, 11) is -3.72. The molecule has 0 aliphatic heterocycles. The highest BCUT2D eigenvalue weighted by molar-refractivity contribution is 7.89. The zero-order valence-electron chi connectivity index (χ0n) is 13.1. The summed E-state index contributed by atoms with van der Waals surface area (Å²) in [5, 5.41) is 18.9. The minimum Gasteiger partial charge on any atom is -0.225 e. The standard InChI is InChI=1S/C16H13N5O2S2/c1-10-2-4-12(5-3-10)15-20-21-14(18-19-16(21)24-15)11-6-8-13(9-7-11)25(17,22)23/h2-9H,1H3,(H2,17,22,23). The molecule has 9 heteroatoms. The van der Waals surface area contributed by atoms with Crippen LogP contribution >= 0.6 is 11.3 Å². The van der Waals surface area contributed by atoms with Crippen LogP contribution < -0.4 is 5.14 Å². The third-order valence-corrected chi connectivity index (χ3v) is 5.61. The predicted octanol–water partition coefficient (Wildman–Crippen LogP) is 2.48. The normalized spacial score (nSPS) is 11.9. The van der Waals surface area contributed by atoms with E-state index in [9.17, 15) is 8.42 Å². The Bertz CT molecular complexity index is 1160. The third kappa shape index (κ3) is 2.93. The minimum atomic E-state index is -3.72. The second kappa shape index (κ2) is 5.73. The molecule has 0 bridgehead atoms. The summed E-state index contributed by atoms with van der Waals surface area (Å²) in [6.07, 6.45) is 0. The van der Waals surface area contributed by atoms with Crippen molar-refractivity contribution in [2.75, 3.05) is 0 Å². The van der Waals surface area contributed by atoms with Gasteiger partial charge in [0.15, 0.2) is 5.82 Å². The molecule has 0 radical (unpaired) electrons. The van der Waals surface area contributed by atoms with E-state index in [2.05, 4.69) is 15.3 Å². The van der Waals surface area contributed by atoms with Crippen molar-refractivity contribution in [3.8, 4) is 22.0 Å². The van der Waals surface area contributed by atoms with Gasteiger partial charge < -0.3 is 0 Å². The molecule has 0 saturated carbocycles. The summed E-state index contributed by atoms with van der Waals surface area (Å²) in [6, 6.07) is 14.3. The van der Waals surface area contributed by atoms with Crippen molar-refractivity contribution in [2.24, 2.45) is 5.14 Å². The van der Waals surface area contributed by atoms with E-state index in [4.69, 9.17) is 5.14 Å². The highest BCUT2D eigenvalue weighted by Gasteiger charge is 2.15. The maximum absolute atomic E-state index is 11.4. The lowest BCUT2D eigenvalue weighted by molar-refractivity contribution is 0.598. The molecule has 0 aliphatic rings. The summed E-state index contributed by atoms with van der Waals surface area (Å²) in [5.41, 5.74) is 2.90. The topological polar surface area (TPSA) is 103 Å². The monoisotopic (exact) mass is 371 g/mol. The Morgan fingerprint density at radius 1 is 0.960 bits per heavy atom. The molecule has 4 rings (SSSR count). The van der Waals surface area contributed by atoms with Gasteiger partial charge in [-0.15, -0.1) is 10.2 Å². The van der Waals surface area contributed by atoms with Gasteiger partial charge in [0.05, 0.1) is 4.90 Å². The van der Waals surface area contributed by atoms with Crippen molar-refractivity contribution in [2.45, 2.75) is 11.8 Å². The Morgan fingerprint density at radius 3 is 2.24 bits per heavy atom. The molecular formula is C16H13N5O2S2. The molecule has 2 aromatic carbocycles. The molecule has 0 unspecified atom stereocenters. The van der Waals surface area contributed by atoms with Gasteiger partial charge in [0.1, 0.15) is 5.01 Å². The number of aromatic nitrogens is 4. The van der Waals surface area contributed by atoms with Gasteiger partial charge in [-0.1, -0.05) is 41.2 Å². The Hall–Kier alpha value is -2.62. The van der Waals surface area contributed by atoms with Gasteiger partial charge in [-0.2, -0.15) is 9.61 Å². The van der Waals surface area contributed by atoms with Gasteiger partial charge in [-0.05, 0) is 31.2 Å². The SMILES string of the molecule is Cc1ccc(-c2nn3c(-c4ccc(S(N)(=O)=O)cc4)nnc3s2)cc1. The third-order valence-electron chi connectivity index (χ3n) is 3.73. The van der Waals surface area contributed by atoms with E-state index in [0.29, 0.717) is 16.3 Å². The van der Waals surface area contributed by atoms with Crippen LogP contribution in [0.2, 0.25) is 0 Å². The lowest BCUT2D eigenvalue weighted by atomic mass is 10.2. The molecule has 126 valence electrons. The van der Waals surface area contributed by atoms with Crippen LogP contribution in [0.3, 0.4) is 0 Å². The largest absolute Gasteiger partial charge is 0.238 e. The second-order valence-corrected chi connectivity index (χ2v) is 8.08. The first-order chi connectivity index (χ1) is 11.9. The minimum absolute atomic E-state index is 0.0515. The maximum Gasteiger partial charge on any atom is 0.238 e. The van der Waals surface area contributed by atoms with Crippen LogP contribution in [0, 0.1) is 6.92 Å². The number of aryl methyl sites for hydroxylation is 1. The van der Waals surface area contributed by atoms with Crippen molar-refractivity contribution < 1.29 is 8.42 Å². The van der Waals surface area contributed by atoms with Gasteiger partial charge in [0.2, 0.25) is 15.0 Å². The number of nitrogens with two attached hydrogens (primary N) is 1. The van der Waals surface area contributed by atoms with Gasteiger partial charge in [0.25, 0.3) is 0 Å². The fraction of sp³-hybridized carbons (Fsp3) is 0.0625. The van der Waals surface area contributed by atoms with E-state index in [1.54, 1.807) is 16.6 Å². The fourth-order valence-corrected chi connectivity index (χ4v) is 3.76. The lowest BCUT2D eigenvalue weighted by Crippen LogP contribution is -2.11. The zero-order valence-corrected chi connectivity index (χ0v) is 14.8. The van der Waals surface area contributed by atoms with Crippen molar-refractivity contribution in [3.05, 3.63) is 54.1 Å². The maximum atomic E-state index is 11.4. The molecule has 2 N–H and O–H groups in total. The molecule has 0 aliphatic carbocycles. The highest BCUT2D eigenvalue weighted by atomic mass is 32.2. The fourth-order valence-electron chi connectivity index (χ4n) is 2.40. The van der Waals surface area contributed by atoms with Crippen LogP contribution in [0.1, 0.15) is 5.56 Å². The number of fused-ring (bicyclic) bond motifs is 1. The Morgan fingerprint density at radius 2 is 1.60 bits per heavy atom. The van der Waals surface area contributed by atoms with Crippen molar-refractivity contribution in [1.82, 2.24) is 19.8 Å². The summed E-state index contributed by atoms with van der Waals surface area (Å²) < 4.78 is 24.4. The summed E-state index contributed by atoms with van der Waals surface area (Å²) >= 11 is 1.44. The number of rotatable bonds is 3. The molecule has 0 atom stereocenters. The molecule has 4 aromatic rings. The van der Waals surface area contributed by atoms with Crippen LogP contribution in [-0.4, -0.2) is 28.2 Å². The Labute approximate surface area is 147 Å². The van der Waals surface area contributed by atoms with E-state index in [1.807, 2.05) is 31.2 Å². The number of primary sulfonamides is 1. The first kappa shape index (κ1) is 15.9. The van der Waals surface area contributed by atoms with E-state index in [0.717, 1.165) is 10.6 Å². The van der Waals surface area contributed by atoms with E-state index >= 15 is 0 Å². The quantitative estimate of drug-likeness (QED) is 0.596. The van der Waals surface area contributed by atoms with Crippen LogP contribution in [0.15, 0.2) is 53.4 Å². The molecular weight excluding hydrogens is 358 g/mol. The molecule has 0 amide bonds. The summed E-state index contributed by atoms with van der Waals surface area (Å²) in [6.45, 7) is 2.03. The lowest BCUT2D eigenvalue weighted by Gasteiger charge is -2.00. The Kier molecular flexibility index (Phi) is 3.64. The molecule has 0 saturated heterocycles. The van der Waals surface area contributed by atoms with Crippen LogP contribution in [0.5, 0.6) is 0 Å². The van der Waals surface area contributed by atoms with E-state index in [-0.39, 0.29) is 4.90 Å². The van der Waals surface area contributed by atoms with E-state index in [1.165, 1.54) is 29.0 Å². The first-order valence-corrected chi connectivity index (χ1v) is 9.70. The highest BCUT2D eigenvalue weighted by Crippen LogP contribution is 2.28. The van der Waals surface area contributed by atoms with Gasteiger partial charge in [-0.25, -0.2) is 13.6 Å². The number of sulfonamides is 1. The van der Waals surface area contributed by atoms with Crippen LogP contribution in [0.25, 0.3) is 26.9 Å². The predicted molar refractivity (Wildman–Crippen MR) is 95.6 cm³/mol. The van der Waals surface area contributed by atoms with Gasteiger partial charge in [-0.3, -0.25) is 0 Å². The number of hydrogen-bond donors (Lipinski definition) is 1. The zero-order chi connectivity index (χ0) is 17.6. The average molecular weight is 371 g/mol. The van der Waals surface area contributed by atoms with E-state index < -0.39 is 10.0 Å². The molecule has 2 heterocycles. The van der Waals surface area contributed by atoms with Gasteiger partial charge >= 0.3 is 0 Å². The first-order valence-electron chi connectivity index (χ1n) is 7.34. The van der Waals surface area contributed by atoms with Crippen molar-refractivity contribution in [3.63, 3.8) is 0 Å². The van der Waals surface area contributed by atoms with Crippen LogP contribution in [-0.2, 0) is 10.0 Å². The number of benzene rings is 2. The number of hydrogen-bond acceptors (Lipinski definition) is 6. The van der Waals surface area contributed by atoms with Crippen molar-refractivity contribution >= 4 is 26.3 Å². The smallest absolute Gasteiger partial charge is 0.225 e. The second-order valence-electron chi connectivity index (χ2n) is 5.56. The summed E-state index contributed by atoms with van der Waals surface area (Å²) in [5.74, 6) is 0.547. The summed E-state index contributed by atoms with van der Waals surface area (Å²) in [4.78, 5) is 0.719. The molecule has 25 heavy (non-hydrogen) atoms. The molecule has 7 nitrogen and oxygen atoms in total. The van der Waals surface area contributed by atoms with Crippen molar-refractivity contribution in [1.29, 1.82) is 0 Å².